The summed E-state index contributed by atoms with van der Waals surface area (Å²) in [4.78, 5) is 32.3. The molecule has 2 aromatic heterocycles. The minimum Gasteiger partial charge on any atom is -0.301 e. The maximum absolute atomic E-state index is 12.4. The van der Waals surface area contributed by atoms with Crippen LogP contribution in [0, 0.1) is 0 Å². The molecule has 0 radical (unpaired) electrons. The van der Waals surface area contributed by atoms with Crippen LogP contribution in [-0.4, -0.2) is 20.3 Å². The van der Waals surface area contributed by atoms with Crippen LogP contribution in [0.5, 0.6) is 0 Å². The third kappa shape index (κ3) is 2.91. The summed E-state index contributed by atoms with van der Waals surface area (Å²) in [6.07, 6.45) is 5.74. The molecule has 0 aliphatic heterocycles. The van der Waals surface area contributed by atoms with Crippen molar-refractivity contribution >= 4 is 16.8 Å². The van der Waals surface area contributed by atoms with Crippen LogP contribution in [0.2, 0.25) is 0 Å². The zero-order chi connectivity index (χ0) is 19.1. The maximum Gasteiger partial charge on any atom is 0.269 e. The van der Waals surface area contributed by atoms with Gasteiger partial charge < -0.3 is 4.57 Å². The van der Waals surface area contributed by atoms with Gasteiger partial charge in [0, 0.05) is 19.0 Å². The maximum atomic E-state index is 12.4. The Morgan fingerprint density at radius 3 is 2.68 bits per heavy atom. The Labute approximate surface area is 161 Å². The number of fused-ring (bicyclic) bond motifs is 2. The predicted molar refractivity (Wildman–Crippen MR) is 107 cm³/mol. The minimum absolute atomic E-state index is 0.139. The minimum atomic E-state index is -0.139. The van der Waals surface area contributed by atoms with Gasteiger partial charge in [-0.05, 0) is 39.9 Å². The third-order valence-corrected chi connectivity index (χ3v) is 5.23. The number of carbonyl (C=O) groups is 1. The highest BCUT2D eigenvalue weighted by molar-refractivity contribution is 5.88. The highest BCUT2D eigenvalue weighted by atomic mass is 16.1. The zero-order valence-corrected chi connectivity index (χ0v) is 15.1. The van der Waals surface area contributed by atoms with E-state index >= 15 is 0 Å². The van der Waals surface area contributed by atoms with Gasteiger partial charge in [0.05, 0.1) is 24.5 Å². The number of carbonyl (C=O) groups excluding carboxylic acids is 1. The average Bonchev–Trinajstić information content (AvgIpc) is 3.09. The van der Waals surface area contributed by atoms with Gasteiger partial charge in [-0.2, -0.15) is 0 Å². The van der Waals surface area contributed by atoms with Crippen molar-refractivity contribution in [2.45, 2.75) is 19.4 Å². The van der Waals surface area contributed by atoms with Gasteiger partial charge in [0.2, 0.25) is 0 Å². The Balaban J connectivity index is 1.53. The number of benzene rings is 2. The van der Waals surface area contributed by atoms with Crippen LogP contribution in [0.15, 0.2) is 71.9 Å². The summed E-state index contributed by atoms with van der Waals surface area (Å²) in [6.45, 7) is 0.457. The molecule has 5 rings (SSSR count). The van der Waals surface area contributed by atoms with E-state index in [9.17, 15) is 9.59 Å². The van der Waals surface area contributed by atoms with Crippen molar-refractivity contribution in [1.29, 1.82) is 0 Å². The lowest BCUT2D eigenvalue weighted by Crippen LogP contribution is -2.21. The Hall–Kier alpha value is -3.60. The second kappa shape index (κ2) is 6.53. The first-order valence-corrected chi connectivity index (χ1v) is 9.20. The van der Waals surface area contributed by atoms with E-state index in [2.05, 4.69) is 40.3 Å². The summed E-state index contributed by atoms with van der Waals surface area (Å²) in [7, 11) is 0. The molecule has 5 heteroatoms. The average molecular weight is 367 g/mol. The molecule has 5 nitrogen and oxygen atoms in total. The fraction of sp³-hybridized carbons (Fsp3) is 0.130. The smallest absolute Gasteiger partial charge is 0.269 e. The molecule has 1 aliphatic rings. The van der Waals surface area contributed by atoms with Gasteiger partial charge in [-0.25, -0.2) is 4.98 Å². The first-order valence-electron chi connectivity index (χ1n) is 9.20. The van der Waals surface area contributed by atoms with Crippen molar-refractivity contribution < 1.29 is 4.79 Å². The van der Waals surface area contributed by atoms with Crippen LogP contribution in [0.1, 0.15) is 16.7 Å². The largest absolute Gasteiger partial charge is 0.301 e. The van der Waals surface area contributed by atoms with Crippen molar-refractivity contribution in [3.63, 3.8) is 0 Å². The van der Waals surface area contributed by atoms with Crippen LogP contribution in [0.25, 0.3) is 22.2 Å². The second-order valence-corrected chi connectivity index (χ2v) is 7.12. The number of rotatable bonds is 3. The molecule has 0 atom stereocenters. The molecule has 1 aliphatic carbocycles. The van der Waals surface area contributed by atoms with Crippen LogP contribution in [0.4, 0.5) is 0 Å². The number of nitrogens with zero attached hydrogens (tertiary/aromatic N) is 3. The molecule has 0 unspecified atom stereocenters. The summed E-state index contributed by atoms with van der Waals surface area (Å²) in [5.41, 5.74) is 6.77. The molecular weight excluding hydrogens is 350 g/mol. The molecule has 4 aromatic rings. The first kappa shape index (κ1) is 16.6. The third-order valence-electron chi connectivity index (χ3n) is 5.23. The Kier molecular flexibility index (Phi) is 3.86. The molecule has 0 saturated carbocycles. The van der Waals surface area contributed by atoms with Gasteiger partial charge in [0.1, 0.15) is 11.3 Å². The molecule has 0 N–H and O–H groups in total. The Morgan fingerprint density at radius 1 is 0.893 bits per heavy atom. The topological polar surface area (TPSA) is 64.8 Å². The van der Waals surface area contributed by atoms with Crippen molar-refractivity contribution in [3.05, 3.63) is 94.2 Å². The number of hydrogen-bond donors (Lipinski definition) is 0. The Morgan fingerprint density at radius 2 is 1.75 bits per heavy atom. The first-order chi connectivity index (χ1) is 13.7. The van der Waals surface area contributed by atoms with E-state index in [4.69, 9.17) is 0 Å². The lowest BCUT2D eigenvalue weighted by molar-refractivity contribution is -0.117. The lowest BCUT2D eigenvalue weighted by atomic mass is 9.99. The van der Waals surface area contributed by atoms with Gasteiger partial charge in [-0.1, -0.05) is 36.4 Å². The van der Waals surface area contributed by atoms with Crippen molar-refractivity contribution in [2.75, 3.05) is 0 Å². The molecule has 2 aromatic carbocycles. The quantitative estimate of drug-likeness (QED) is 0.558. The monoisotopic (exact) mass is 367 g/mol. The molecule has 0 amide bonds. The van der Waals surface area contributed by atoms with Gasteiger partial charge >= 0.3 is 0 Å². The fourth-order valence-electron chi connectivity index (χ4n) is 3.84. The van der Waals surface area contributed by atoms with Crippen molar-refractivity contribution in [1.82, 2.24) is 14.5 Å². The summed E-state index contributed by atoms with van der Waals surface area (Å²) in [6, 6.07) is 16.2. The van der Waals surface area contributed by atoms with E-state index in [1.807, 2.05) is 18.2 Å². The summed E-state index contributed by atoms with van der Waals surface area (Å²) >= 11 is 0. The molecular formula is C23H17N3O2. The summed E-state index contributed by atoms with van der Waals surface area (Å²) in [5.74, 6) is 0.277. The highest BCUT2D eigenvalue weighted by Crippen LogP contribution is 2.27. The van der Waals surface area contributed by atoms with Crippen LogP contribution < -0.4 is 5.56 Å². The SMILES string of the molecule is O=C1Cc2ccc(-c3cccc(Cn4c(=O)cnc5cnccc54)c3)cc2C1. The molecule has 136 valence electrons. The zero-order valence-electron chi connectivity index (χ0n) is 15.1. The molecule has 0 spiro atoms. The van der Waals surface area contributed by atoms with Gasteiger partial charge in [-0.3, -0.25) is 14.6 Å². The number of ketones is 1. The van der Waals surface area contributed by atoms with Crippen LogP contribution in [-0.2, 0) is 24.2 Å². The highest BCUT2D eigenvalue weighted by Gasteiger charge is 2.18. The number of Topliss-reactive ketones (excluding diaryl/α,β-unsaturated/α-hetero) is 1. The number of hydrogen-bond acceptors (Lipinski definition) is 4. The fourth-order valence-corrected chi connectivity index (χ4v) is 3.84. The standard InChI is InChI=1S/C23H17N3O2/c27-20-10-18-5-4-17(9-19(18)11-20)16-3-1-2-15(8-16)14-26-22-6-7-24-12-21(22)25-13-23(26)28/h1-9,12-13H,10-11,14H2. The summed E-state index contributed by atoms with van der Waals surface area (Å²) < 4.78 is 1.71. The molecule has 0 bridgehead atoms. The molecule has 0 saturated heterocycles. The molecule has 2 heterocycles. The van der Waals surface area contributed by atoms with Crippen molar-refractivity contribution in [2.24, 2.45) is 0 Å². The van der Waals surface area contributed by atoms with E-state index in [1.54, 1.807) is 17.0 Å². The number of pyridine rings is 1. The molecule has 28 heavy (non-hydrogen) atoms. The van der Waals surface area contributed by atoms with E-state index in [1.165, 1.54) is 6.20 Å². The van der Waals surface area contributed by atoms with E-state index in [-0.39, 0.29) is 11.3 Å². The van der Waals surface area contributed by atoms with Gasteiger partial charge in [0.15, 0.2) is 0 Å². The van der Waals surface area contributed by atoms with Gasteiger partial charge in [-0.15, -0.1) is 0 Å². The van der Waals surface area contributed by atoms with E-state index in [0.29, 0.717) is 24.9 Å². The predicted octanol–water partition coefficient (Wildman–Crippen LogP) is 3.17. The van der Waals surface area contributed by atoms with E-state index in [0.717, 1.165) is 33.3 Å². The van der Waals surface area contributed by atoms with Crippen LogP contribution >= 0.6 is 0 Å². The lowest BCUT2D eigenvalue weighted by Gasteiger charge is -2.11. The number of aromatic nitrogens is 3. The summed E-state index contributed by atoms with van der Waals surface area (Å²) in [5, 5.41) is 0. The van der Waals surface area contributed by atoms with E-state index < -0.39 is 0 Å². The Bertz CT molecular complexity index is 1290. The normalized spacial score (nSPS) is 13.1. The van der Waals surface area contributed by atoms with Crippen molar-refractivity contribution in [3.8, 4) is 11.1 Å². The molecule has 0 fully saturated rings. The van der Waals surface area contributed by atoms with Crippen LogP contribution in [0.3, 0.4) is 0 Å². The van der Waals surface area contributed by atoms with Gasteiger partial charge in [0.25, 0.3) is 5.56 Å². The second-order valence-electron chi connectivity index (χ2n) is 7.12.